The Kier molecular flexibility index (Phi) is 5.54. The number of amides is 1. The molecule has 0 aliphatic heterocycles. The second-order valence-corrected chi connectivity index (χ2v) is 7.57. The van der Waals surface area contributed by atoms with Gasteiger partial charge in [0, 0.05) is 29.3 Å². The maximum atomic E-state index is 13.5. The number of hydrogen-bond acceptors (Lipinski definition) is 3. The molecule has 0 bridgehead atoms. The molecule has 0 fully saturated rings. The van der Waals surface area contributed by atoms with Crippen molar-refractivity contribution in [3.8, 4) is 5.69 Å². The number of nitrogens with zero attached hydrogens (tertiary/aromatic N) is 4. The topological polar surface area (TPSA) is 64.7 Å². The second kappa shape index (κ2) is 8.29. The summed E-state index contributed by atoms with van der Waals surface area (Å²) in [6.07, 6.45) is 1.27. The van der Waals surface area contributed by atoms with Crippen molar-refractivity contribution in [2.75, 3.05) is 0 Å². The molecule has 31 heavy (non-hydrogen) atoms. The van der Waals surface area contributed by atoms with Gasteiger partial charge in [-0.05, 0) is 56.7 Å². The zero-order valence-electron chi connectivity index (χ0n) is 17.5. The molecule has 4 aromatic rings. The third kappa shape index (κ3) is 4.19. The Morgan fingerprint density at radius 3 is 2.58 bits per heavy atom. The molecule has 160 valence electrons. The molecule has 0 aliphatic carbocycles. The number of halogens is 2. The average Bonchev–Trinajstić information content (AvgIpc) is 3.36. The third-order valence-electron chi connectivity index (χ3n) is 5.21. The molecule has 0 saturated carbocycles. The van der Waals surface area contributed by atoms with Gasteiger partial charge in [0.15, 0.2) is 5.65 Å². The summed E-state index contributed by atoms with van der Waals surface area (Å²) < 4.78 is 30.3. The van der Waals surface area contributed by atoms with Gasteiger partial charge in [-0.15, -0.1) is 0 Å². The number of hydrogen-bond donors (Lipinski definition) is 1. The lowest BCUT2D eigenvalue weighted by atomic mass is 10.1. The van der Waals surface area contributed by atoms with Gasteiger partial charge >= 0.3 is 0 Å². The molecule has 1 atom stereocenters. The van der Waals surface area contributed by atoms with Gasteiger partial charge in [-0.3, -0.25) is 4.79 Å². The number of aryl methyl sites for hydroxylation is 2. The van der Waals surface area contributed by atoms with Crippen LogP contribution < -0.4 is 5.32 Å². The Bertz CT molecular complexity index is 1230. The molecule has 4 rings (SSSR count). The Morgan fingerprint density at radius 2 is 1.87 bits per heavy atom. The fourth-order valence-corrected chi connectivity index (χ4v) is 3.77. The molecule has 0 aliphatic rings. The van der Waals surface area contributed by atoms with Crippen LogP contribution in [0.3, 0.4) is 0 Å². The fraction of sp³-hybridized carbons (Fsp3) is 0.261. The van der Waals surface area contributed by atoms with Crippen LogP contribution >= 0.6 is 0 Å². The van der Waals surface area contributed by atoms with Crippen molar-refractivity contribution in [3.63, 3.8) is 0 Å². The van der Waals surface area contributed by atoms with Gasteiger partial charge in [0.05, 0.1) is 17.1 Å². The first-order chi connectivity index (χ1) is 14.8. The summed E-state index contributed by atoms with van der Waals surface area (Å²) in [5, 5.41) is 7.56. The zero-order chi connectivity index (χ0) is 22.1. The summed E-state index contributed by atoms with van der Waals surface area (Å²) in [7, 11) is 0. The molecule has 3 heterocycles. The summed E-state index contributed by atoms with van der Waals surface area (Å²) in [6, 6.07) is 12.9. The number of alkyl halides is 2. The van der Waals surface area contributed by atoms with E-state index in [4.69, 9.17) is 0 Å². The molecule has 0 radical (unpaired) electrons. The highest BCUT2D eigenvalue weighted by atomic mass is 19.3. The summed E-state index contributed by atoms with van der Waals surface area (Å²) in [4.78, 5) is 17.1. The van der Waals surface area contributed by atoms with Crippen LogP contribution in [0.4, 0.5) is 8.78 Å². The maximum absolute atomic E-state index is 13.5. The number of fused-ring (bicyclic) bond motifs is 1. The summed E-state index contributed by atoms with van der Waals surface area (Å²) in [6.45, 7) is 5.09. The monoisotopic (exact) mass is 423 g/mol. The van der Waals surface area contributed by atoms with E-state index in [1.807, 2.05) is 60.3 Å². The standard InChI is InChI=1S/C23H23F2N5O/c1-14-11-19(22(24)25)21-16(3)28-30(23(21)26-14)13-20(31)27-15(2)17-7-6-8-18(12-17)29-9-4-5-10-29/h4-12,15,22H,13H2,1-3H3,(H,27,31). The van der Waals surface area contributed by atoms with Gasteiger partial charge in [-0.1, -0.05) is 12.1 Å². The van der Waals surface area contributed by atoms with Crippen molar-refractivity contribution in [2.24, 2.45) is 0 Å². The maximum Gasteiger partial charge on any atom is 0.264 e. The van der Waals surface area contributed by atoms with Crippen molar-refractivity contribution >= 4 is 16.9 Å². The fourth-order valence-electron chi connectivity index (χ4n) is 3.77. The molecular weight excluding hydrogens is 400 g/mol. The van der Waals surface area contributed by atoms with E-state index in [2.05, 4.69) is 15.4 Å². The predicted octanol–water partition coefficient (Wildman–Crippen LogP) is 4.65. The van der Waals surface area contributed by atoms with Crippen LogP contribution in [0.15, 0.2) is 54.9 Å². The van der Waals surface area contributed by atoms with Crippen LogP contribution in [0.5, 0.6) is 0 Å². The quantitative estimate of drug-likeness (QED) is 0.491. The summed E-state index contributed by atoms with van der Waals surface area (Å²) >= 11 is 0. The average molecular weight is 423 g/mol. The van der Waals surface area contributed by atoms with Gasteiger partial charge in [-0.2, -0.15) is 5.10 Å². The largest absolute Gasteiger partial charge is 0.348 e. The lowest BCUT2D eigenvalue weighted by Crippen LogP contribution is -2.30. The first-order valence-electron chi connectivity index (χ1n) is 9.99. The van der Waals surface area contributed by atoms with Gasteiger partial charge in [0.2, 0.25) is 5.91 Å². The van der Waals surface area contributed by atoms with Gasteiger partial charge in [0.25, 0.3) is 6.43 Å². The SMILES string of the molecule is Cc1cc(C(F)F)c2c(C)nn(CC(=O)NC(C)c3cccc(-n4cccc4)c3)c2n1. The van der Waals surface area contributed by atoms with E-state index in [1.165, 1.54) is 10.7 Å². The van der Waals surface area contributed by atoms with Gasteiger partial charge < -0.3 is 9.88 Å². The van der Waals surface area contributed by atoms with Crippen molar-refractivity contribution in [1.82, 2.24) is 24.6 Å². The second-order valence-electron chi connectivity index (χ2n) is 7.57. The number of nitrogens with one attached hydrogen (secondary N) is 1. The number of carbonyl (C=O) groups excluding carboxylic acids is 1. The van der Waals surface area contributed by atoms with Crippen LogP contribution in [0.1, 0.15) is 41.9 Å². The van der Waals surface area contributed by atoms with E-state index in [9.17, 15) is 13.6 Å². The number of aromatic nitrogens is 4. The lowest BCUT2D eigenvalue weighted by Gasteiger charge is -2.16. The van der Waals surface area contributed by atoms with Gasteiger partial charge in [-0.25, -0.2) is 18.4 Å². The van der Waals surface area contributed by atoms with E-state index >= 15 is 0 Å². The van der Waals surface area contributed by atoms with E-state index < -0.39 is 6.43 Å². The highest BCUT2D eigenvalue weighted by Gasteiger charge is 2.21. The van der Waals surface area contributed by atoms with Crippen LogP contribution in [0, 0.1) is 13.8 Å². The number of pyridine rings is 1. The molecule has 0 saturated heterocycles. The smallest absolute Gasteiger partial charge is 0.264 e. The Morgan fingerprint density at radius 1 is 1.13 bits per heavy atom. The molecule has 3 aromatic heterocycles. The van der Waals surface area contributed by atoms with Crippen molar-refractivity contribution in [2.45, 2.75) is 39.8 Å². The first kappa shape index (κ1) is 20.7. The number of benzene rings is 1. The van der Waals surface area contributed by atoms with Crippen molar-refractivity contribution in [3.05, 3.63) is 77.4 Å². The Balaban J connectivity index is 1.54. The lowest BCUT2D eigenvalue weighted by molar-refractivity contribution is -0.122. The minimum Gasteiger partial charge on any atom is -0.348 e. The van der Waals surface area contributed by atoms with Crippen molar-refractivity contribution < 1.29 is 13.6 Å². The Hall–Kier alpha value is -3.55. The van der Waals surface area contributed by atoms with Crippen LogP contribution in [-0.4, -0.2) is 25.2 Å². The molecular formula is C23H23F2N5O. The number of carbonyl (C=O) groups is 1. The molecule has 1 N–H and O–H groups in total. The highest BCUT2D eigenvalue weighted by Crippen LogP contribution is 2.30. The van der Waals surface area contributed by atoms with E-state index in [0.717, 1.165) is 11.3 Å². The normalized spacial score (nSPS) is 12.5. The molecule has 1 unspecified atom stereocenters. The molecule has 8 heteroatoms. The molecule has 1 amide bonds. The molecule has 1 aromatic carbocycles. The molecule has 6 nitrogen and oxygen atoms in total. The first-order valence-corrected chi connectivity index (χ1v) is 9.99. The third-order valence-corrected chi connectivity index (χ3v) is 5.21. The highest BCUT2D eigenvalue weighted by molar-refractivity contribution is 5.84. The van der Waals surface area contributed by atoms with E-state index in [0.29, 0.717) is 22.4 Å². The van der Waals surface area contributed by atoms with Gasteiger partial charge in [0.1, 0.15) is 6.54 Å². The zero-order valence-corrected chi connectivity index (χ0v) is 17.5. The minimum atomic E-state index is -2.64. The van der Waals surface area contributed by atoms with Crippen LogP contribution in [0.2, 0.25) is 0 Å². The minimum absolute atomic E-state index is 0.106. The van der Waals surface area contributed by atoms with E-state index in [-0.39, 0.29) is 24.1 Å². The van der Waals surface area contributed by atoms with Crippen LogP contribution in [0.25, 0.3) is 16.7 Å². The van der Waals surface area contributed by atoms with Crippen LogP contribution in [-0.2, 0) is 11.3 Å². The Labute approximate surface area is 178 Å². The predicted molar refractivity (Wildman–Crippen MR) is 114 cm³/mol. The van der Waals surface area contributed by atoms with E-state index in [1.54, 1.807) is 13.8 Å². The summed E-state index contributed by atoms with van der Waals surface area (Å²) in [5.74, 6) is -0.273. The molecule has 0 spiro atoms. The van der Waals surface area contributed by atoms with Crippen molar-refractivity contribution in [1.29, 1.82) is 0 Å². The summed E-state index contributed by atoms with van der Waals surface area (Å²) in [5.41, 5.74) is 3.02. The number of rotatable bonds is 6.